The zero-order valence-electron chi connectivity index (χ0n) is 17.5. The largest absolute Gasteiger partial charge is 0.442 e. The first-order valence-corrected chi connectivity index (χ1v) is 10.7. The van der Waals surface area contributed by atoms with Crippen LogP contribution in [0.4, 0.5) is 35.8 Å². The van der Waals surface area contributed by atoms with Crippen molar-refractivity contribution in [2.45, 2.75) is 13.0 Å². The molecule has 2 aliphatic heterocycles. The third-order valence-electron chi connectivity index (χ3n) is 5.56. The molecule has 2 heterocycles. The highest BCUT2D eigenvalue weighted by Gasteiger charge is 2.36. The molecule has 1 atom stereocenters. The minimum absolute atomic E-state index is 0.152. The van der Waals surface area contributed by atoms with E-state index < -0.39 is 23.3 Å². The van der Waals surface area contributed by atoms with Gasteiger partial charge in [0, 0.05) is 25.3 Å². The van der Waals surface area contributed by atoms with Gasteiger partial charge in [0.05, 0.1) is 24.5 Å². The number of amides is 4. The van der Waals surface area contributed by atoms with Gasteiger partial charge in [-0.05, 0) is 37.3 Å². The normalized spacial score (nSPS) is 18.3. The zero-order valence-corrected chi connectivity index (χ0v) is 18.4. The van der Waals surface area contributed by atoms with Crippen LogP contribution in [0.3, 0.4) is 0 Å². The van der Waals surface area contributed by atoms with Crippen molar-refractivity contribution < 1.29 is 23.5 Å². The van der Waals surface area contributed by atoms with E-state index in [2.05, 4.69) is 12.6 Å². The number of anilines is 3. The van der Waals surface area contributed by atoms with E-state index in [1.54, 1.807) is 17.9 Å². The molecule has 0 spiro atoms. The summed E-state index contributed by atoms with van der Waals surface area (Å²) >= 11 is 3.81. The highest BCUT2D eigenvalue weighted by Crippen LogP contribution is 2.31. The quantitative estimate of drug-likeness (QED) is 0.665. The van der Waals surface area contributed by atoms with E-state index in [-0.39, 0.29) is 24.8 Å². The highest BCUT2D eigenvalue weighted by atomic mass is 32.1. The van der Waals surface area contributed by atoms with E-state index in [4.69, 9.17) is 4.74 Å². The van der Waals surface area contributed by atoms with Gasteiger partial charge in [-0.25, -0.2) is 14.0 Å². The molecule has 8 nitrogen and oxygen atoms in total. The van der Waals surface area contributed by atoms with Gasteiger partial charge in [-0.15, -0.1) is 0 Å². The van der Waals surface area contributed by atoms with Crippen LogP contribution >= 0.6 is 12.6 Å². The number of likely N-dealkylation sites (N-methyl/N-ethyl adjacent to an activating group) is 1. The molecule has 32 heavy (non-hydrogen) atoms. The van der Waals surface area contributed by atoms with Gasteiger partial charge in [0.25, 0.3) is 5.24 Å². The monoisotopic (exact) mass is 458 g/mol. The van der Waals surface area contributed by atoms with Crippen LogP contribution in [-0.4, -0.2) is 61.1 Å². The summed E-state index contributed by atoms with van der Waals surface area (Å²) in [5.74, 6) is -0.609. The number of urea groups is 1. The Kier molecular flexibility index (Phi) is 6.22. The maximum absolute atomic E-state index is 15.0. The van der Waals surface area contributed by atoms with Crippen molar-refractivity contribution in [2.24, 2.45) is 0 Å². The summed E-state index contributed by atoms with van der Waals surface area (Å²) in [7, 11) is 0. The van der Waals surface area contributed by atoms with Gasteiger partial charge in [0.15, 0.2) is 0 Å². The number of carbonyl (C=O) groups is 3. The maximum atomic E-state index is 15.0. The molecule has 4 amide bonds. The van der Waals surface area contributed by atoms with Crippen molar-refractivity contribution >= 4 is 47.1 Å². The number of hydrogen-bond donors (Lipinski definition) is 1. The van der Waals surface area contributed by atoms with Crippen LogP contribution in [0.5, 0.6) is 0 Å². The van der Waals surface area contributed by atoms with Crippen molar-refractivity contribution in [1.29, 1.82) is 0 Å². The molecule has 2 saturated heterocycles. The van der Waals surface area contributed by atoms with E-state index in [1.165, 1.54) is 26.8 Å². The molecule has 2 aromatic rings. The van der Waals surface area contributed by atoms with Gasteiger partial charge in [-0.3, -0.25) is 19.5 Å². The Morgan fingerprint density at radius 2 is 1.81 bits per heavy atom. The number of hydrogen-bond acceptors (Lipinski definition) is 4. The standard InChI is InChI=1S/C22H23FN4O4S/c1-2-24(22(30)32)13-17-14-27(21(29)31-17)16-8-9-19(18(23)12-16)26-11-10-25(20(26)28)15-6-4-3-5-7-15/h3-9,12,17H,2,10-11,13-14H2,1H3,(H,30,32)/t17-/m1/s1. The van der Waals surface area contributed by atoms with Crippen LogP contribution in [0.1, 0.15) is 6.92 Å². The topological polar surface area (TPSA) is 73.4 Å². The summed E-state index contributed by atoms with van der Waals surface area (Å²) in [6.45, 7) is 3.42. The van der Waals surface area contributed by atoms with Gasteiger partial charge >= 0.3 is 12.1 Å². The summed E-state index contributed by atoms with van der Waals surface area (Å²) in [4.78, 5) is 42.4. The molecule has 0 radical (unpaired) electrons. The van der Waals surface area contributed by atoms with Gasteiger partial charge < -0.3 is 9.64 Å². The van der Waals surface area contributed by atoms with E-state index >= 15 is 0 Å². The Morgan fingerprint density at radius 3 is 2.47 bits per heavy atom. The molecule has 4 rings (SSSR count). The van der Waals surface area contributed by atoms with E-state index in [9.17, 15) is 18.8 Å². The summed E-state index contributed by atoms with van der Waals surface area (Å²) in [6, 6.07) is 13.2. The average molecular weight is 459 g/mol. The minimum atomic E-state index is -0.614. The molecule has 2 aromatic carbocycles. The summed E-state index contributed by atoms with van der Waals surface area (Å²) in [5, 5.41) is -0.405. The second kappa shape index (κ2) is 9.07. The molecular formula is C22H23FN4O4S. The predicted molar refractivity (Wildman–Crippen MR) is 122 cm³/mol. The predicted octanol–water partition coefficient (Wildman–Crippen LogP) is 3.97. The first-order valence-electron chi connectivity index (χ1n) is 10.3. The van der Waals surface area contributed by atoms with Crippen molar-refractivity contribution in [3.05, 3.63) is 54.3 Å². The Hall–Kier alpha value is -3.27. The fourth-order valence-corrected chi connectivity index (χ4v) is 4.13. The lowest BCUT2D eigenvalue weighted by Gasteiger charge is -2.21. The van der Waals surface area contributed by atoms with Gasteiger partial charge in [0.2, 0.25) is 0 Å². The average Bonchev–Trinajstić information content (AvgIpc) is 3.34. The Bertz CT molecular complexity index is 1040. The molecule has 10 heteroatoms. The molecule has 0 aromatic heterocycles. The van der Waals surface area contributed by atoms with Crippen molar-refractivity contribution in [3.8, 4) is 0 Å². The van der Waals surface area contributed by atoms with Crippen molar-refractivity contribution in [2.75, 3.05) is 47.4 Å². The minimum Gasteiger partial charge on any atom is -0.442 e. The number of rotatable bonds is 6. The lowest BCUT2D eigenvalue weighted by Crippen LogP contribution is -2.36. The highest BCUT2D eigenvalue weighted by molar-refractivity contribution is 7.96. The molecule has 168 valence electrons. The van der Waals surface area contributed by atoms with Crippen LogP contribution in [0.25, 0.3) is 0 Å². The lowest BCUT2D eigenvalue weighted by atomic mass is 10.2. The van der Waals surface area contributed by atoms with Gasteiger partial charge in [-0.1, -0.05) is 30.8 Å². The lowest BCUT2D eigenvalue weighted by molar-refractivity contribution is 0.120. The Labute approximate surface area is 190 Å². The SMILES string of the molecule is CCN(C[C@@H]1CN(c2ccc(N3CCN(c4ccccc4)C3=O)c(F)c2)C(=O)O1)C(=O)S. The van der Waals surface area contributed by atoms with Crippen LogP contribution in [0.15, 0.2) is 48.5 Å². The molecule has 0 saturated carbocycles. The van der Waals surface area contributed by atoms with Gasteiger partial charge in [-0.2, -0.15) is 0 Å². The maximum Gasteiger partial charge on any atom is 0.414 e. The summed E-state index contributed by atoms with van der Waals surface area (Å²) < 4.78 is 20.3. The summed E-state index contributed by atoms with van der Waals surface area (Å²) in [5.41, 5.74) is 1.23. The van der Waals surface area contributed by atoms with Crippen LogP contribution in [0, 0.1) is 5.82 Å². The number of para-hydroxylation sites is 1. The van der Waals surface area contributed by atoms with E-state index in [0.717, 1.165) is 5.69 Å². The molecular weight excluding hydrogens is 435 g/mol. The zero-order chi connectivity index (χ0) is 22.8. The molecule has 0 aliphatic carbocycles. The first kappa shape index (κ1) is 21.9. The molecule has 2 fully saturated rings. The Balaban J connectivity index is 1.47. The van der Waals surface area contributed by atoms with Crippen LogP contribution < -0.4 is 14.7 Å². The molecule has 0 bridgehead atoms. The number of nitrogens with zero attached hydrogens (tertiary/aromatic N) is 4. The molecule has 0 N–H and O–H groups in total. The van der Waals surface area contributed by atoms with Crippen LogP contribution in [-0.2, 0) is 4.74 Å². The molecule has 0 unspecified atom stereocenters. The first-order chi connectivity index (χ1) is 15.4. The fraction of sp³-hybridized carbons (Fsp3) is 0.318. The number of cyclic esters (lactones) is 1. The Morgan fingerprint density at radius 1 is 1.09 bits per heavy atom. The second-order valence-corrected chi connectivity index (χ2v) is 7.88. The van der Waals surface area contributed by atoms with Crippen LogP contribution in [0.2, 0.25) is 0 Å². The van der Waals surface area contributed by atoms with Crippen molar-refractivity contribution in [3.63, 3.8) is 0 Å². The smallest absolute Gasteiger partial charge is 0.414 e. The summed E-state index contributed by atoms with van der Waals surface area (Å²) in [6.07, 6.45) is -1.15. The fourth-order valence-electron chi connectivity index (χ4n) is 3.91. The van der Waals surface area contributed by atoms with Crippen molar-refractivity contribution in [1.82, 2.24) is 4.90 Å². The van der Waals surface area contributed by atoms with E-state index in [0.29, 0.717) is 25.3 Å². The third-order valence-corrected chi connectivity index (χ3v) is 5.84. The third kappa shape index (κ3) is 4.22. The number of thiol groups is 1. The van der Waals surface area contributed by atoms with E-state index in [1.807, 2.05) is 30.3 Å². The number of benzene rings is 2. The number of carbonyl (C=O) groups excluding carboxylic acids is 3. The molecule has 2 aliphatic rings. The number of halogens is 1. The van der Waals surface area contributed by atoms with Gasteiger partial charge in [0.1, 0.15) is 11.9 Å². The number of ether oxygens (including phenoxy) is 1. The second-order valence-electron chi connectivity index (χ2n) is 7.49.